The maximum absolute atomic E-state index is 10.7. The molecule has 0 aromatic carbocycles. The Kier molecular flexibility index (Phi) is 10.1. The van der Waals surface area contributed by atoms with E-state index < -0.39 is 61.1 Å². The Bertz CT molecular complexity index is 1660. The first-order valence-corrected chi connectivity index (χ1v) is 16.0. The van der Waals surface area contributed by atoms with Crippen molar-refractivity contribution < 1.29 is 39.8 Å². The molecular formula is C25H36N12O8S. The van der Waals surface area contributed by atoms with Crippen molar-refractivity contribution in [1.82, 2.24) is 39.0 Å². The summed E-state index contributed by atoms with van der Waals surface area (Å²) in [7, 11) is -0.263. The number of anilines is 2. The molecule has 4 aromatic rings. The number of nitrogens with zero attached hydrogens (tertiary/aromatic N) is 8. The number of carbonyl (C=O) groups excluding carboxylic acids is 1. The molecule has 2 saturated heterocycles. The van der Waals surface area contributed by atoms with Gasteiger partial charge in [-0.05, 0) is 10.9 Å². The zero-order valence-corrected chi connectivity index (χ0v) is 25.4. The molecule has 0 saturated carbocycles. The van der Waals surface area contributed by atoms with E-state index >= 15 is 0 Å². The van der Waals surface area contributed by atoms with E-state index in [4.69, 9.17) is 32.4 Å². The Morgan fingerprint density at radius 2 is 1.35 bits per heavy atom. The third-order valence-corrected chi connectivity index (χ3v) is 9.59. The van der Waals surface area contributed by atoms with E-state index in [0.717, 1.165) is 0 Å². The number of aromatic nitrogens is 8. The van der Waals surface area contributed by atoms with Gasteiger partial charge in [-0.25, -0.2) is 29.9 Å². The number of rotatable bonds is 9. The second-order valence-corrected chi connectivity index (χ2v) is 13.2. The van der Waals surface area contributed by atoms with Crippen LogP contribution in [0.1, 0.15) is 18.9 Å². The van der Waals surface area contributed by atoms with Crippen molar-refractivity contribution in [3.05, 3.63) is 25.3 Å². The second kappa shape index (κ2) is 13.9. The van der Waals surface area contributed by atoms with Crippen molar-refractivity contribution in [2.45, 2.75) is 61.5 Å². The van der Waals surface area contributed by atoms with Crippen LogP contribution in [-0.4, -0.2) is 132 Å². The van der Waals surface area contributed by atoms with Crippen LogP contribution in [0.3, 0.4) is 0 Å². The summed E-state index contributed by atoms with van der Waals surface area (Å²) in [6, 6.07) is -1.02. The molecule has 6 rings (SSSR count). The van der Waals surface area contributed by atoms with Gasteiger partial charge in [0, 0.05) is 19.0 Å². The fraction of sp³-hybridized carbons (Fsp3) is 0.560. The first-order chi connectivity index (χ1) is 21.9. The zero-order chi connectivity index (χ0) is 33.3. The Balaban J connectivity index is 0.000000192. The molecule has 0 aliphatic carbocycles. The zero-order valence-electron chi connectivity index (χ0n) is 24.6. The molecule has 2 fully saturated rings. The summed E-state index contributed by atoms with van der Waals surface area (Å²) in [6.45, 7) is 0.110. The van der Waals surface area contributed by atoms with Crippen molar-refractivity contribution in [3.63, 3.8) is 0 Å². The van der Waals surface area contributed by atoms with Gasteiger partial charge in [-0.2, -0.15) is 0 Å². The van der Waals surface area contributed by atoms with Crippen molar-refractivity contribution in [2.24, 2.45) is 11.5 Å². The molecule has 0 spiro atoms. The number of carbonyl (C=O) groups is 1. The van der Waals surface area contributed by atoms with Gasteiger partial charge in [-0.3, -0.25) is 9.13 Å². The molecule has 0 bridgehead atoms. The van der Waals surface area contributed by atoms with Gasteiger partial charge >= 0.3 is 0 Å². The Hall–Kier alpha value is -3.80. The monoisotopic (exact) mass is 664 g/mol. The summed E-state index contributed by atoms with van der Waals surface area (Å²) in [5.41, 5.74) is 24.0. The second-order valence-electron chi connectivity index (χ2n) is 10.9. The van der Waals surface area contributed by atoms with Crippen LogP contribution in [-0.2, 0) is 25.2 Å². The van der Waals surface area contributed by atoms with Gasteiger partial charge in [0.25, 0.3) is 0 Å². The molecule has 46 heavy (non-hydrogen) atoms. The number of carboxylic acid groups (broad SMARTS) is 1. The topological polar surface area (TPSA) is 331 Å². The molecule has 10 atom stereocenters. The van der Waals surface area contributed by atoms with E-state index in [1.165, 1.54) is 34.4 Å². The predicted octanol–water partition coefficient (Wildman–Crippen LogP) is -5.27. The smallest absolute Gasteiger partial charge is 0.167 e. The Labute approximate surface area is 263 Å². The highest BCUT2D eigenvalue weighted by molar-refractivity contribution is 7.96. The highest BCUT2D eigenvalue weighted by atomic mass is 32.2. The molecule has 4 aromatic heterocycles. The minimum atomic E-state index is -1.28. The van der Waals surface area contributed by atoms with Crippen LogP contribution in [0.4, 0.5) is 11.6 Å². The van der Waals surface area contributed by atoms with E-state index in [0.29, 0.717) is 33.8 Å². The van der Waals surface area contributed by atoms with Gasteiger partial charge < -0.3 is 62.7 Å². The summed E-state index contributed by atoms with van der Waals surface area (Å²) < 4.78 is 14.4. The SMILES string of the molecule is C[S+](CC[C@H](N)C(=O)[O-])C[C@H]1O[C@@H](n2cnc3c(N)ncnc32)[C@H](O)[C@@H]1O.NC[C@H]1O[C@@H](n2cnc3c(N)ncnc32)[C@H](O)[C@@H]1O. The molecule has 0 radical (unpaired) electrons. The summed E-state index contributed by atoms with van der Waals surface area (Å²) in [5, 5.41) is 51.3. The van der Waals surface area contributed by atoms with Gasteiger partial charge in [0.2, 0.25) is 0 Å². The first-order valence-electron chi connectivity index (χ1n) is 14.1. The van der Waals surface area contributed by atoms with Gasteiger partial charge in [0.05, 0.1) is 24.9 Å². The summed E-state index contributed by atoms with van der Waals surface area (Å²) in [6.07, 6.45) is 0.315. The van der Waals surface area contributed by atoms with Crippen LogP contribution < -0.4 is 28.0 Å². The molecule has 20 nitrogen and oxygen atoms in total. The number of aliphatic hydroxyl groups is 4. The number of ether oxygens (including phenoxy) is 2. The summed E-state index contributed by atoms with van der Waals surface area (Å²) in [4.78, 5) is 34.8. The molecule has 2 aliphatic rings. The molecule has 21 heteroatoms. The van der Waals surface area contributed by atoms with E-state index in [9.17, 15) is 30.3 Å². The highest BCUT2D eigenvalue weighted by Gasteiger charge is 2.47. The minimum absolute atomic E-state index is 0.110. The average Bonchev–Trinajstić information content (AvgIpc) is 3.79. The lowest BCUT2D eigenvalue weighted by molar-refractivity contribution is -0.307. The maximum Gasteiger partial charge on any atom is 0.167 e. The quantitative estimate of drug-likeness (QED) is 0.0774. The summed E-state index contributed by atoms with van der Waals surface area (Å²) >= 11 is 0. The van der Waals surface area contributed by atoms with Crippen molar-refractivity contribution in [1.29, 1.82) is 0 Å². The first kappa shape index (κ1) is 33.6. The summed E-state index contributed by atoms with van der Waals surface area (Å²) in [5.74, 6) is 0.182. The molecule has 6 heterocycles. The van der Waals surface area contributed by atoms with Gasteiger partial charge in [0.1, 0.15) is 71.8 Å². The third kappa shape index (κ3) is 6.54. The Morgan fingerprint density at radius 3 is 1.80 bits per heavy atom. The van der Waals surface area contributed by atoms with E-state index in [-0.39, 0.29) is 35.5 Å². The number of aliphatic carboxylic acids is 1. The van der Waals surface area contributed by atoms with Gasteiger partial charge in [-0.15, -0.1) is 0 Å². The standard InChI is InChI=1S/C15H22N6O5S.C10H14N6O3/c1-27(3-2-7(16)15(24)25)4-8-10(22)11(23)14(26-8)21-6-20-9-12(17)18-5-19-13(9)21;11-1-4-6(17)7(18)10(19-4)16-3-15-5-8(12)13-2-14-9(5)16/h5-8,10-11,14,22-23H,2-4,16H2,1H3,(H2-,17,18,19,24,25);2-4,6-7,10,17-18H,1,11H2,(H2,12,13,14)/t7-,8+,10+,11+,14+,27?;4-,6-,7-,10-/m01/s1. The lowest BCUT2D eigenvalue weighted by Crippen LogP contribution is -2.43. The average molecular weight is 665 g/mol. The van der Waals surface area contributed by atoms with Crippen LogP contribution >= 0.6 is 0 Å². The molecule has 0 amide bonds. The maximum atomic E-state index is 10.7. The molecule has 12 N–H and O–H groups in total. The van der Waals surface area contributed by atoms with Crippen molar-refractivity contribution in [2.75, 3.05) is 35.8 Å². The van der Waals surface area contributed by atoms with Gasteiger partial charge in [0.15, 0.2) is 35.4 Å². The largest absolute Gasteiger partial charge is 0.548 e. The number of aliphatic hydroxyl groups excluding tert-OH is 4. The molecule has 2 aliphatic heterocycles. The number of fused-ring (bicyclic) bond motifs is 2. The number of nitrogens with two attached hydrogens (primary N) is 4. The Morgan fingerprint density at radius 1 is 0.870 bits per heavy atom. The molecule has 1 unspecified atom stereocenters. The van der Waals surface area contributed by atoms with Crippen LogP contribution in [0.5, 0.6) is 0 Å². The lowest BCUT2D eigenvalue weighted by atomic mass is 10.1. The number of hydrogen-bond acceptors (Lipinski definition) is 18. The van der Waals surface area contributed by atoms with Crippen LogP contribution in [0.25, 0.3) is 22.3 Å². The highest BCUT2D eigenvalue weighted by Crippen LogP contribution is 2.33. The lowest BCUT2D eigenvalue weighted by Gasteiger charge is -2.16. The van der Waals surface area contributed by atoms with E-state index in [2.05, 4.69) is 29.9 Å². The molecule has 250 valence electrons. The van der Waals surface area contributed by atoms with Gasteiger partial charge in [-0.1, -0.05) is 0 Å². The van der Waals surface area contributed by atoms with E-state index in [1.807, 2.05) is 6.26 Å². The van der Waals surface area contributed by atoms with Crippen LogP contribution in [0, 0.1) is 0 Å². The predicted molar refractivity (Wildman–Crippen MR) is 161 cm³/mol. The van der Waals surface area contributed by atoms with Crippen LogP contribution in [0.2, 0.25) is 0 Å². The normalized spacial score (nSPS) is 29.1. The van der Waals surface area contributed by atoms with Crippen LogP contribution in [0.15, 0.2) is 25.3 Å². The van der Waals surface area contributed by atoms with Crippen molar-refractivity contribution >= 4 is 50.8 Å². The number of carboxylic acids is 1. The van der Waals surface area contributed by atoms with Crippen molar-refractivity contribution in [3.8, 4) is 0 Å². The fourth-order valence-corrected chi connectivity index (χ4v) is 6.83. The number of imidazole rings is 2. The van der Waals surface area contributed by atoms with E-state index in [1.54, 1.807) is 0 Å². The number of nitrogen functional groups attached to an aromatic ring is 2. The minimum Gasteiger partial charge on any atom is -0.548 e. The number of hydrogen-bond donors (Lipinski definition) is 8. The fourth-order valence-electron chi connectivity index (χ4n) is 5.17. The third-order valence-electron chi connectivity index (χ3n) is 7.76. The molecular weight excluding hydrogens is 628 g/mol.